The summed E-state index contributed by atoms with van der Waals surface area (Å²) in [5.74, 6) is 0.157. The number of carbonyl (C=O) groups is 1. The lowest BCUT2D eigenvalue weighted by atomic mass is 10.1. The van der Waals surface area contributed by atoms with Gasteiger partial charge >= 0.3 is 5.97 Å². The van der Waals surface area contributed by atoms with E-state index in [2.05, 4.69) is 9.97 Å². The molecule has 22 heavy (non-hydrogen) atoms. The molecule has 0 bridgehead atoms. The van der Waals surface area contributed by atoms with Crippen LogP contribution in [0.25, 0.3) is 11.3 Å². The Hall–Kier alpha value is -2.53. The Labute approximate surface area is 132 Å². The molecular formula is C17H14N2O2S. The number of thioether (sulfide) groups is 1. The Morgan fingerprint density at radius 1 is 1.09 bits per heavy atom. The van der Waals surface area contributed by atoms with E-state index in [1.165, 1.54) is 0 Å². The molecule has 0 fully saturated rings. The van der Waals surface area contributed by atoms with Crippen LogP contribution < -0.4 is 4.74 Å². The van der Waals surface area contributed by atoms with Gasteiger partial charge in [0.05, 0.1) is 23.8 Å². The zero-order valence-corrected chi connectivity index (χ0v) is 12.8. The summed E-state index contributed by atoms with van der Waals surface area (Å²) in [5, 5.41) is 0. The standard InChI is InChI=1S/C17H14N2O2S/c1-22-15-8-4-13(5-9-15)17(20)21-14-6-2-12(3-7-14)16-10-18-11-19-16/h2-11H,1H3,(H,18,19). The fraction of sp³-hybridized carbons (Fsp3) is 0.0588. The van der Waals surface area contributed by atoms with Crippen molar-refractivity contribution in [2.45, 2.75) is 4.90 Å². The number of esters is 1. The predicted octanol–water partition coefficient (Wildman–Crippen LogP) is 4.02. The first kappa shape index (κ1) is 14.4. The number of nitrogens with zero attached hydrogens (tertiary/aromatic N) is 1. The van der Waals surface area contributed by atoms with E-state index in [4.69, 9.17) is 4.74 Å². The average molecular weight is 310 g/mol. The van der Waals surface area contributed by atoms with Crippen LogP contribution in [-0.4, -0.2) is 22.2 Å². The molecule has 3 aromatic rings. The van der Waals surface area contributed by atoms with Crippen molar-refractivity contribution < 1.29 is 9.53 Å². The van der Waals surface area contributed by atoms with E-state index in [0.717, 1.165) is 16.2 Å². The van der Waals surface area contributed by atoms with Crippen LogP contribution in [0.2, 0.25) is 0 Å². The lowest BCUT2D eigenvalue weighted by Gasteiger charge is -2.06. The number of H-pyrrole nitrogens is 1. The molecule has 4 nitrogen and oxygen atoms in total. The minimum absolute atomic E-state index is 0.359. The van der Waals surface area contributed by atoms with E-state index in [9.17, 15) is 4.79 Å². The number of hydrogen-bond donors (Lipinski definition) is 1. The van der Waals surface area contributed by atoms with Crippen LogP contribution in [0.1, 0.15) is 10.4 Å². The van der Waals surface area contributed by atoms with Gasteiger partial charge in [-0.2, -0.15) is 0 Å². The van der Waals surface area contributed by atoms with E-state index < -0.39 is 0 Å². The van der Waals surface area contributed by atoms with Crippen molar-refractivity contribution in [2.24, 2.45) is 0 Å². The SMILES string of the molecule is CSc1ccc(C(=O)Oc2ccc(-c3cnc[nH]3)cc2)cc1. The first-order valence-corrected chi connectivity index (χ1v) is 7.94. The Morgan fingerprint density at radius 3 is 2.41 bits per heavy atom. The van der Waals surface area contributed by atoms with Gasteiger partial charge in [-0.3, -0.25) is 0 Å². The summed E-state index contributed by atoms with van der Waals surface area (Å²) in [6.45, 7) is 0. The maximum atomic E-state index is 12.1. The molecule has 0 radical (unpaired) electrons. The molecule has 0 amide bonds. The Morgan fingerprint density at radius 2 is 1.82 bits per heavy atom. The van der Waals surface area contributed by atoms with Gasteiger partial charge < -0.3 is 9.72 Å². The number of carbonyl (C=O) groups excluding carboxylic acids is 1. The van der Waals surface area contributed by atoms with Gasteiger partial charge in [-0.1, -0.05) is 0 Å². The topological polar surface area (TPSA) is 55.0 Å². The van der Waals surface area contributed by atoms with E-state index in [1.807, 2.05) is 30.5 Å². The van der Waals surface area contributed by atoms with Gasteiger partial charge in [0.25, 0.3) is 0 Å². The van der Waals surface area contributed by atoms with E-state index in [1.54, 1.807) is 48.6 Å². The zero-order valence-electron chi connectivity index (χ0n) is 11.9. The predicted molar refractivity (Wildman–Crippen MR) is 87.2 cm³/mol. The number of ether oxygens (including phenoxy) is 1. The molecule has 110 valence electrons. The quantitative estimate of drug-likeness (QED) is 0.449. The number of rotatable bonds is 4. The van der Waals surface area contributed by atoms with Crippen molar-refractivity contribution in [1.82, 2.24) is 9.97 Å². The Kier molecular flexibility index (Phi) is 4.25. The lowest BCUT2D eigenvalue weighted by Crippen LogP contribution is -2.08. The smallest absolute Gasteiger partial charge is 0.343 e. The molecule has 5 heteroatoms. The molecule has 2 aromatic carbocycles. The third kappa shape index (κ3) is 3.20. The average Bonchev–Trinajstić information content (AvgIpc) is 3.10. The summed E-state index contributed by atoms with van der Waals surface area (Å²) in [7, 11) is 0. The van der Waals surface area contributed by atoms with Crippen LogP contribution in [0.15, 0.2) is 66.0 Å². The molecule has 1 N–H and O–H groups in total. The van der Waals surface area contributed by atoms with Gasteiger partial charge in [0.1, 0.15) is 5.75 Å². The summed E-state index contributed by atoms with van der Waals surface area (Å²) in [5.41, 5.74) is 2.45. The van der Waals surface area contributed by atoms with E-state index >= 15 is 0 Å². The second-order valence-corrected chi connectivity index (χ2v) is 5.49. The molecule has 3 rings (SSSR count). The van der Waals surface area contributed by atoms with Gasteiger partial charge in [-0.15, -0.1) is 11.8 Å². The molecule has 0 aliphatic rings. The fourth-order valence-electron chi connectivity index (χ4n) is 2.01. The molecule has 0 unspecified atom stereocenters. The Balaban J connectivity index is 1.71. The third-order valence-corrected chi connectivity index (χ3v) is 3.94. The maximum Gasteiger partial charge on any atom is 0.343 e. The van der Waals surface area contributed by atoms with Crippen molar-refractivity contribution in [3.63, 3.8) is 0 Å². The largest absolute Gasteiger partial charge is 0.423 e. The van der Waals surface area contributed by atoms with Gasteiger partial charge in [0.2, 0.25) is 0 Å². The number of imidazole rings is 1. The number of benzene rings is 2. The second kappa shape index (κ2) is 6.49. The van der Waals surface area contributed by atoms with Crippen molar-refractivity contribution in [2.75, 3.05) is 6.26 Å². The molecule has 1 heterocycles. The first-order chi connectivity index (χ1) is 10.8. The highest BCUT2D eigenvalue weighted by atomic mass is 32.2. The molecule has 1 aromatic heterocycles. The number of nitrogens with one attached hydrogen (secondary N) is 1. The summed E-state index contributed by atoms with van der Waals surface area (Å²) >= 11 is 1.63. The first-order valence-electron chi connectivity index (χ1n) is 6.71. The molecule has 0 aliphatic carbocycles. The number of aromatic amines is 1. The van der Waals surface area contributed by atoms with Gasteiger partial charge in [0, 0.05) is 4.90 Å². The Bertz CT molecular complexity index is 750. The van der Waals surface area contributed by atoms with E-state index in [-0.39, 0.29) is 5.97 Å². The molecule has 0 atom stereocenters. The molecule has 0 saturated carbocycles. The minimum Gasteiger partial charge on any atom is -0.423 e. The minimum atomic E-state index is -0.359. The van der Waals surface area contributed by atoms with Crippen LogP contribution in [0.3, 0.4) is 0 Å². The van der Waals surface area contributed by atoms with Crippen LogP contribution in [-0.2, 0) is 0 Å². The normalized spacial score (nSPS) is 10.4. The summed E-state index contributed by atoms with van der Waals surface area (Å²) < 4.78 is 5.37. The van der Waals surface area contributed by atoms with Gasteiger partial charge in [0.15, 0.2) is 0 Å². The van der Waals surface area contributed by atoms with Crippen molar-refractivity contribution >= 4 is 17.7 Å². The third-order valence-electron chi connectivity index (χ3n) is 3.20. The molecule has 0 spiro atoms. The van der Waals surface area contributed by atoms with Crippen molar-refractivity contribution in [1.29, 1.82) is 0 Å². The lowest BCUT2D eigenvalue weighted by molar-refractivity contribution is 0.0734. The van der Waals surface area contributed by atoms with Gasteiger partial charge in [-0.25, -0.2) is 9.78 Å². The van der Waals surface area contributed by atoms with Crippen LogP contribution in [0.5, 0.6) is 5.75 Å². The molecule has 0 aliphatic heterocycles. The van der Waals surface area contributed by atoms with Crippen LogP contribution >= 0.6 is 11.8 Å². The highest BCUT2D eigenvalue weighted by Gasteiger charge is 2.09. The molecule has 0 saturated heterocycles. The van der Waals surface area contributed by atoms with Gasteiger partial charge in [-0.05, 0) is 60.4 Å². The van der Waals surface area contributed by atoms with E-state index in [0.29, 0.717) is 11.3 Å². The fourth-order valence-corrected chi connectivity index (χ4v) is 2.42. The van der Waals surface area contributed by atoms with Crippen LogP contribution in [0, 0.1) is 0 Å². The number of hydrogen-bond acceptors (Lipinski definition) is 4. The van der Waals surface area contributed by atoms with Crippen LogP contribution in [0.4, 0.5) is 0 Å². The molecular weight excluding hydrogens is 296 g/mol. The summed E-state index contributed by atoms with van der Waals surface area (Å²) in [6, 6.07) is 14.7. The maximum absolute atomic E-state index is 12.1. The summed E-state index contributed by atoms with van der Waals surface area (Å²) in [6.07, 6.45) is 5.37. The monoisotopic (exact) mass is 310 g/mol. The second-order valence-electron chi connectivity index (χ2n) is 4.61. The van der Waals surface area contributed by atoms with Crippen molar-refractivity contribution in [3.8, 4) is 17.0 Å². The summed E-state index contributed by atoms with van der Waals surface area (Å²) in [4.78, 5) is 20.2. The zero-order chi connectivity index (χ0) is 15.4. The van der Waals surface area contributed by atoms with Crippen molar-refractivity contribution in [3.05, 3.63) is 66.6 Å². The number of aromatic nitrogens is 2. The highest BCUT2D eigenvalue weighted by molar-refractivity contribution is 7.98. The highest BCUT2D eigenvalue weighted by Crippen LogP contribution is 2.21.